The van der Waals surface area contributed by atoms with Gasteiger partial charge in [-0.15, -0.1) is 0 Å². The molecule has 3 heterocycles. The van der Waals surface area contributed by atoms with E-state index in [0.717, 1.165) is 21.4 Å². The number of rotatable bonds is 2. The maximum absolute atomic E-state index is 13.0. The van der Waals surface area contributed by atoms with Gasteiger partial charge in [-0.2, -0.15) is 5.10 Å². The summed E-state index contributed by atoms with van der Waals surface area (Å²) >= 11 is 0. The molecule has 0 saturated carbocycles. The molecule has 3 aromatic rings. The van der Waals surface area contributed by atoms with E-state index in [1.807, 2.05) is 6.92 Å². The molecule has 1 aliphatic rings. The number of aromatic nitrogens is 4. The highest BCUT2D eigenvalue weighted by Gasteiger charge is 2.35. The zero-order valence-corrected chi connectivity index (χ0v) is 15.9. The topological polar surface area (TPSA) is 111 Å². The summed E-state index contributed by atoms with van der Waals surface area (Å²) in [5.74, 6) is 0.0994. The van der Waals surface area contributed by atoms with Crippen LogP contribution in [0.15, 0.2) is 33.9 Å². The van der Waals surface area contributed by atoms with E-state index < -0.39 is 17.6 Å². The van der Waals surface area contributed by atoms with Crippen LogP contribution in [0, 0.1) is 6.92 Å². The molecule has 2 aromatic heterocycles. The predicted molar refractivity (Wildman–Crippen MR) is 102 cm³/mol. The summed E-state index contributed by atoms with van der Waals surface area (Å²) in [5.41, 5.74) is 2.51. The molecule has 0 fully saturated rings. The molecule has 1 aromatic carbocycles. The van der Waals surface area contributed by atoms with Crippen molar-refractivity contribution < 1.29 is 9.53 Å². The molecular weight excluding hydrogens is 362 g/mol. The van der Waals surface area contributed by atoms with Crippen LogP contribution in [-0.4, -0.2) is 32.4 Å². The average molecular weight is 381 g/mol. The van der Waals surface area contributed by atoms with E-state index >= 15 is 0 Å². The number of esters is 1. The van der Waals surface area contributed by atoms with E-state index in [0.29, 0.717) is 22.8 Å². The Kier molecular flexibility index (Phi) is 3.95. The number of hydrogen-bond acceptors (Lipinski definition) is 6. The number of H-pyrrole nitrogens is 1. The highest BCUT2D eigenvalue weighted by Crippen LogP contribution is 2.43. The number of fused-ring (bicyclic) bond motifs is 2. The van der Waals surface area contributed by atoms with Crippen LogP contribution in [0.3, 0.4) is 0 Å². The molecule has 4 rings (SSSR count). The Hall–Kier alpha value is -3.62. The van der Waals surface area contributed by atoms with Gasteiger partial charge in [0, 0.05) is 31.3 Å². The van der Waals surface area contributed by atoms with Crippen LogP contribution in [0.4, 0.5) is 11.6 Å². The van der Waals surface area contributed by atoms with Crippen LogP contribution >= 0.6 is 0 Å². The molecule has 0 aliphatic carbocycles. The fourth-order valence-corrected chi connectivity index (χ4v) is 3.69. The van der Waals surface area contributed by atoms with Gasteiger partial charge in [0.1, 0.15) is 5.82 Å². The fourth-order valence-electron chi connectivity index (χ4n) is 3.69. The summed E-state index contributed by atoms with van der Waals surface area (Å²) in [6, 6.07) is 6.88. The Balaban J connectivity index is 2.00. The van der Waals surface area contributed by atoms with Gasteiger partial charge in [-0.25, -0.2) is 9.59 Å². The Bertz CT molecular complexity index is 1220. The number of ether oxygens (including phenoxy) is 1. The highest BCUT2D eigenvalue weighted by atomic mass is 16.5. The number of carbonyl (C=O) groups is 1. The summed E-state index contributed by atoms with van der Waals surface area (Å²) < 4.78 is 7.25. The lowest BCUT2D eigenvalue weighted by Crippen LogP contribution is -2.42. The van der Waals surface area contributed by atoms with E-state index in [4.69, 9.17) is 4.74 Å². The first-order chi connectivity index (χ1) is 13.3. The minimum Gasteiger partial charge on any atom is -0.465 e. The largest absolute Gasteiger partial charge is 0.465 e. The monoisotopic (exact) mass is 381 g/mol. The predicted octanol–water partition coefficient (Wildman–Crippen LogP) is 1.14. The van der Waals surface area contributed by atoms with Gasteiger partial charge in [-0.1, -0.05) is 12.1 Å². The number of methoxy groups -OCH3 is 1. The van der Waals surface area contributed by atoms with Crippen molar-refractivity contribution in [2.24, 2.45) is 14.1 Å². The second-order valence-corrected chi connectivity index (χ2v) is 6.75. The molecule has 28 heavy (non-hydrogen) atoms. The van der Waals surface area contributed by atoms with E-state index in [1.165, 1.54) is 18.7 Å². The smallest absolute Gasteiger partial charge is 0.337 e. The first kappa shape index (κ1) is 17.8. The van der Waals surface area contributed by atoms with E-state index in [-0.39, 0.29) is 5.56 Å². The lowest BCUT2D eigenvalue weighted by molar-refractivity contribution is 0.0600. The third-order valence-corrected chi connectivity index (χ3v) is 5.17. The number of benzene rings is 1. The van der Waals surface area contributed by atoms with Crippen molar-refractivity contribution >= 4 is 17.6 Å². The third kappa shape index (κ3) is 2.39. The van der Waals surface area contributed by atoms with Gasteiger partial charge in [0.05, 0.1) is 18.2 Å². The van der Waals surface area contributed by atoms with Crippen molar-refractivity contribution in [3.8, 4) is 0 Å². The van der Waals surface area contributed by atoms with Crippen molar-refractivity contribution in [1.29, 1.82) is 0 Å². The number of anilines is 2. The number of nitrogens with one attached hydrogen (secondary N) is 2. The van der Waals surface area contributed by atoms with Gasteiger partial charge in [-0.3, -0.25) is 19.0 Å². The summed E-state index contributed by atoms with van der Waals surface area (Å²) in [6.45, 7) is 1.88. The van der Waals surface area contributed by atoms with Crippen LogP contribution in [0.2, 0.25) is 0 Å². The van der Waals surface area contributed by atoms with Crippen LogP contribution < -0.4 is 16.6 Å². The third-order valence-electron chi connectivity index (χ3n) is 5.17. The minimum absolute atomic E-state index is 0.376. The van der Waals surface area contributed by atoms with E-state index in [2.05, 4.69) is 15.5 Å². The molecule has 9 nitrogen and oxygen atoms in total. The molecule has 1 aliphatic heterocycles. The van der Waals surface area contributed by atoms with Crippen LogP contribution in [0.5, 0.6) is 0 Å². The number of aromatic amines is 1. The SMILES string of the molecule is COC(=O)c1ccc([C@H]2c3c(n[nH]c3C)Nc3c2c(=O)n(C)c(=O)n3C)cc1. The minimum atomic E-state index is -0.442. The van der Waals surface area contributed by atoms with Gasteiger partial charge in [0.25, 0.3) is 5.56 Å². The maximum atomic E-state index is 13.0. The molecule has 2 N–H and O–H groups in total. The van der Waals surface area contributed by atoms with Gasteiger partial charge >= 0.3 is 11.7 Å². The molecule has 0 saturated heterocycles. The van der Waals surface area contributed by atoms with Gasteiger partial charge in [0.2, 0.25) is 0 Å². The molecule has 0 amide bonds. The second kappa shape index (κ2) is 6.22. The van der Waals surface area contributed by atoms with Crippen LogP contribution in [0.25, 0.3) is 0 Å². The van der Waals surface area contributed by atoms with Crippen LogP contribution in [0.1, 0.15) is 38.7 Å². The first-order valence-corrected chi connectivity index (χ1v) is 8.65. The second-order valence-electron chi connectivity index (χ2n) is 6.75. The van der Waals surface area contributed by atoms with E-state index in [9.17, 15) is 14.4 Å². The summed E-state index contributed by atoms with van der Waals surface area (Å²) in [7, 11) is 4.39. The Labute approximate surface area is 159 Å². The van der Waals surface area contributed by atoms with Crippen molar-refractivity contribution in [1.82, 2.24) is 19.3 Å². The van der Waals surface area contributed by atoms with Gasteiger partial charge in [-0.05, 0) is 24.6 Å². The molecule has 0 unspecified atom stereocenters. The van der Waals surface area contributed by atoms with Crippen LogP contribution in [-0.2, 0) is 18.8 Å². The number of hydrogen-bond donors (Lipinski definition) is 2. The number of aryl methyl sites for hydroxylation is 1. The first-order valence-electron chi connectivity index (χ1n) is 8.65. The molecular formula is C19H19N5O4. The number of carbonyl (C=O) groups excluding carboxylic acids is 1. The Morgan fingerprint density at radius 2 is 1.79 bits per heavy atom. The molecule has 144 valence electrons. The van der Waals surface area contributed by atoms with Crippen molar-refractivity contribution in [2.45, 2.75) is 12.8 Å². The normalized spacial score (nSPS) is 14.8. The van der Waals surface area contributed by atoms with Gasteiger partial charge in [0.15, 0.2) is 5.82 Å². The van der Waals surface area contributed by atoms with E-state index in [1.54, 1.807) is 31.3 Å². The highest BCUT2D eigenvalue weighted by molar-refractivity contribution is 5.89. The standard InChI is InChI=1S/C19H19N5O4/c1-9-12-13(10-5-7-11(8-6-10)18(26)28-4)14-16(20-15(12)22-21-9)23(2)19(27)24(3)17(14)25/h5-8,13H,1-4H3,(H2,20,21,22)/t13-/m0/s1. The lowest BCUT2D eigenvalue weighted by Gasteiger charge is -2.28. The zero-order valence-electron chi connectivity index (χ0n) is 15.9. The van der Waals surface area contributed by atoms with Gasteiger partial charge < -0.3 is 10.1 Å². The molecule has 1 atom stereocenters. The summed E-state index contributed by atoms with van der Waals surface area (Å²) in [6.07, 6.45) is 0. The fraction of sp³-hybridized carbons (Fsp3) is 0.263. The summed E-state index contributed by atoms with van der Waals surface area (Å²) in [4.78, 5) is 37.2. The molecule has 0 bridgehead atoms. The van der Waals surface area contributed by atoms with Crippen molar-refractivity contribution in [2.75, 3.05) is 12.4 Å². The van der Waals surface area contributed by atoms with Crippen molar-refractivity contribution in [3.63, 3.8) is 0 Å². The molecule has 9 heteroatoms. The Morgan fingerprint density at radius 3 is 2.43 bits per heavy atom. The molecule has 0 spiro atoms. The lowest BCUT2D eigenvalue weighted by atomic mass is 9.83. The average Bonchev–Trinajstić information content (AvgIpc) is 3.09. The quantitative estimate of drug-likeness (QED) is 0.504. The number of nitrogens with zero attached hydrogens (tertiary/aromatic N) is 3. The summed E-state index contributed by atoms with van der Waals surface area (Å²) in [5, 5.41) is 10.3. The van der Waals surface area contributed by atoms with Crippen molar-refractivity contribution in [3.05, 3.63) is 73.1 Å². The zero-order chi connectivity index (χ0) is 20.2. The maximum Gasteiger partial charge on any atom is 0.337 e. The Morgan fingerprint density at radius 1 is 1.11 bits per heavy atom. The molecule has 0 radical (unpaired) electrons.